The SMILES string of the molecule is CC(C)(C)CNCc1cc(-c2ccoc2)c2c(c1O)C(O)=C1C(=O)C3(O)C(O)=C(C(N)=O)C(=O)CC3CC1C2. The van der Waals surface area contributed by atoms with Crippen LogP contribution in [0.5, 0.6) is 5.75 Å². The van der Waals surface area contributed by atoms with Crippen molar-refractivity contribution < 1.29 is 39.2 Å². The van der Waals surface area contributed by atoms with Gasteiger partial charge in [-0.3, -0.25) is 14.4 Å². The van der Waals surface area contributed by atoms with Crippen molar-refractivity contribution in [3.63, 3.8) is 0 Å². The molecule has 0 saturated heterocycles. The van der Waals surface area contributed by atoms with E-state index < -0.39 is 52.0 Å². The summed E-state index contributed by atoms with van der Waals surface area (Å²) < 4.78 is 5.30. The molecule has 3 unspecified atom stereocenters. The highest BCUT2D eigenvalue weighted by Crippen LogP contribution is 2.53. The van der Waals surface area contributed by atoms with Crippen molar-refractivity contribution in [1.29, 1.82) is 0 Å². The van der Waals surface area contributed by atoms with Crippen LogP contribution in [-0.4, -0.2) is 50.0 Å². The number of aliphatic hydroxyl groups is 3. The minimum atomic E-state index is -2.59. The van der Waals surface area contributed by atoms with Gasteiger partial charge in [0.15, 0.2) is 11.4 Å². The van der Waals surface area contributed by atoms with E-state index in [1.807, 2.05) is 6.07 Å². The van der Waals surface area contributed by atoms with E-state index in [9.17, 15) is 34.8 Å². The van der Waals surface area contributed by atoms with Crippen LogP contribution in [0.25, 0.3) is 16.9 Å². The molecule has 3 aliphatic carbocycles. The summed E-state index contributed by atoms with van der Waals surface area (Å²) >= 11 is 0. The number of primary amides is 1. The van der Waals surface area contributed by atoms with Crippen molar-refractivity contribution in [2.75, 3.05) is 6.54 Å². The van der Waals surface area contributed by atoms with Crippen molar-refractivity contribution in [3.8, 4) is 16.9 Å². The summed E-state index contributed by atoms with van der Waals surface area (Å²) in [5.41, 5.74) is 4.24. The lowest BCUT2D eigenvalue weighted by Crippen LogP contribution is -2.58. The quantitative estimate of drug-likeness (QED) is 0.313. The Morgan fingerprint density at radius 2 is 1.92 bits per heavy atom. The van der Waals surface area contributed by atoms with E-state index in [4.69, 9.17) is 10.2 Å². The molecule has 1 aromatic carbocycles. The summed E-state index contributed by atoms with van der Waals surface area (Å²) in [7, 11) is 0. The maximum atomic E-state index is 13.8. The topological polar surface area (TPSA) is 183 Å². The van der Waals surface area contributed by atoms with E-state index in [1.165, 1.54) is 6.26 Å². The van der Waals surface area contributed by atoms with Gasteiger partial charge in [-0.05, 0) is 47.4 Å². The maximum absolute atomic E-state index is 13.8. The molecule has 7 N–H and O–H groups in total. The van der Waals surface area contributed by atoms with E-state index in [1.54, 1.807) is 12.3 Å². The zero-order chi connectivity index (χ0) is 28.4. The fraction of sp³-hybridized carbons (Fsp3) is 0.414. The Kier molecular flexibility index (Phi) is 6.23. The number of carbonyl (C=O) groups excluding carboxylic acids is 3. The number of hydrogen-bond donors (Lipinski definition) is 6. The van der Waals surface area contributed by atoms with Gasteiger partial charge in [-0.1, -0.05) is 20.8 Å². The Morgan fingerprint density at radius 1 is 1.21 bits per heavy atom. The number of benzene rings is 1. The molecule has 5 rings (SSSR count). The van der Waals surface area contributed by atoms with Crippen LogP contribution in [0.1, 0.15) is 50.3 Å². The number of nitrogens with two attached hydrogens (primary N) is 1. The van der Waals surface area contributed by atoms with Crippen LogP contribution in [0.4, 0.5) is 0 Å². The fourth-order valence-corrected chi connectivity index (χ4v) is 6.13. The third-order valence-corrected chi connectivity index (χ3v) is 7.95. The lowest BCUT2D eigenvalue weighted by atomic mass is 9.59. The average Bonchev–Trinajstić information content (AvgIpc) is 3.36. The highest BCUT2D eigenvalue weighted by Gasteiger charge is 2.60. The molecule has 1 saturated carbocycles. The van der Waals surface area contributed by atoms with Gasteiger partial charge in [0.25, 0.3) is 5.91 Å². The summed E-state index contributed by atoms with van der Waals surface area (Å²) in [6.45, 7) is 7.14. The second-order valence-electron chi connectivity index (χ2n) is 11.9. The standard InChI is InChI=1S/C29H32N2O8/c1-28(2,3)12-31-10-15-8-17(13-4-5-39-11-13)18-7-14-6-16-9-19(32)22(27(30)37)26(36)29(16,38)25(35)20(14)24(34)21(18)23(15)33/h4-5,8,11,14,16,31,33-34,36,38H,6-7,9-10,12H2,1-3H3,(H2,30,37). The molecule has 10 nitrogen and oxygen atoms in total. The third kappa shape index (κ3) is 4.15. The second kappa shape index (κ2) is 9.10. The van der Waals surface area contributed by atoms with Crippen LogP contribution in [0.15, 0.2) is 46.0 Å². The van der Waals surface area contributed by atoms with Gasteiger partial charge in [-0.25, -0.2) is 0 Å². The van der Waals surface area contributed by atoms with Gasteiger partial charge in [0.05, 0.1) is 18.1 Å². The maximum Gasteiger partial charge on any atom is 0.255 e. The number of aromatic hydroxyl groups is 1. The highest BCUT2D eigenvalue weighted by atomic mass is 16.3. The normalized spacial score (nSPS) is 24.9. The van der Waals surface area contributed by atoms with Crippen molar-refractivity contribution in [2.24, 2.45) is 23.0 Å². The molecule has 1 aromatic heterocycles. The molecule has 206 valence electrons. The van der Waals surface area contributed by atoms with Crippen LogP contribution in [0.2, 0.25) is 0 Å². The van der Waals surface area contributed by atoms with Crippen LogP contribution in [0.3, 0.4) is 0 Å². The first-order valence-electron chi connectivity index (χ1n) is 12.8. The summed E-state index contributed by atoms with van der Waals surface area (Å²) in [6.07, 6.45) is 3.00. The summed E-state index contributed by atoms with van der Waals surface area (Å²) in [6, 6.07) is 3.58. The number of rotatable bonds is 5. The van der Waals surface area contributed by atoms with E-state index in [2.05, 4.69) is 26.1 Å². The molecule has 10 heteroatoms. The summed E-state index contributed by atoms with van der Waals surface area (Å²) in [5.74, 6) is -6.45. The Balaban J connectivity index is 1.67. The summed E-state index contributed by atoms with van der Waals surface area (Å²) in [5, 5.41) is 48.4. The molecule has 1 fully saturated rings. The number of phenolic OH excluding ortho intramolecular Hbond substituents is 1. The number of amides is 1. The number of ketones is 2. The Labute approximate surface area is 224 Å². The molecule has 39 heavy (non-hydrogen) atoms. The monoisotopic (exact) mass is 536 g/mol. The smallest absolute Gasteiger partial charge is 0.255 e. The molecule has 0 spiro atoms. The van der Waals surface area contributed by atoms with Crippen molar-refractivity contribution in [3.05, 3.63) is 58.3 Å². The molecule has 1 amide bonds. The number of Topliss-reactive ketones (excluding diaryl/α,β-unsaturated/α-hetero) is 2. The molecule has 2 aromatic rings. The number of furan rings is 1. The van der Waals surface area contributed by atoms with Crippen molar-refractivity contribution in [1.82, 2.24) is 5.32 Å². The predicted molar refractivity (Wildman–Crippen MR) is 140 cm³/mol. The van der Waals surface area contributed by atoms with Gasteiger partial charge in [-0.15, -0.1) is 0 Å². The van der Waals surface area contributed by atoms with E-state index in [0.29, 0.717) is 23.2 Å². The number of nitrogens with one attached hydrogen (secondary N) is 1. The predicted octanol–water partition coefficient (Wildman–Crippen LogP) is 2.82. The van der Waals surface area contributed by atoms with Gasteiger partial charge in [0.1, 0.15) is 22.8 Å². The van der Waals surface area contributed by atoms with Crippen LogP contribution in [-0.2, 0) is 27.3 Å². The number of aliphatic hydroxyl groups excluding tert-OH is 2. The molecule has 1 heterocycles. The minimum Gasteiger partial charge on any atom is -0.508 e. The highest BCUT2D eigenvalue weighted by molar-refractivity contribution is 6.22. The Morgan fingerprint density at radius 3 is 2.54 bits per heavy atom. The average molecular weight is 537 g/mol. The zero-order valence-corrected chi connectivity index (χ0v) is 22.0. The Hall–Kier alpha value is -3.89. The van der Waals surface area contributed by atoms with Crippen LogP contribution < -0.4 is 11.1 Å². The third-order valence-electron chi connectivity index (χ3n) is 7.95. The lowest BCUT2D eigenvalue weighted by Gasteiger charge is -2.46. The van der Waals surface area contributed by atoms with E-state index >= 15 is 0 Å². The molecule has 0 bridgehead atoms. The number of carbonyl (C=O) groups is 3. The zero-order valence-electron chi connectivity index (χ0n) is 22.0. The number of hydrogen-bond acceptors (Lipinski definition) is 9. The lowest BCUT2D eigenvalue weighted by molar-refractivity contribution is -0.147. The Bertz CT molecular complexity index is 1460. The molecular weight excluding hydrogens is 504 g/mol. The van der Waals surface area contributed by atoms with Gasteiger partial charge in [0.2, 0.25) is 5.78 Å². The number of fused-ring (bicyclic) bond motifs is 3. The van der Waals surface area contributed by atoms with Gasteiger partial charge in [-0.2, -0.15) is 0 Å². The van der Waals surface area contributed by atoms with Crippen molar-refractivity contribution >= 4 is 23.2 Å². The first-order valence-corrected chi connectivity index (χ1v) is 12.8. The van der Waals surface area contributed by atoms with E-state index in [-0.39, 0.29) is 48.1 Å². The van der Waals surface area contributed by atoms with Crippen LogP contribution in [0, 0.1) is 17.3 Å². The molecular formula is C29H32N2O8. The summed E-state index contributed by atoms with van der Waals surface area (Å²) in [4.78, 5) is 38.2. The van der Waals surface area contributed by atoms with E-state index in [0.717, 1.165) is 5.56 Å². The first kappa shape index (κ1) is 26.7. The molecule has 3 aliphatic rings. The fourth-order valence-electron chi connectivity index (χ4n) is 6.13. The van der Waals surface area contributed by atoms with Crippen molar-refractivity contribution in [2.45, 2.75) is 52.2 Å². The first-order chi connectivity index (χ1) is 18.3. The molecule has 0 radical (unpaired) electrons. The van der Waals surface area contributed by atoms with Gasteiger partial charge < -0.3 is 35.9 Å². The van der Waals surface area contributed by atoms with Gasteiger partial charge in [0, 0.05) is 42.1 Å². The minimum absolute atomic E-state index is 0.0181. The molecule has 0 aliphatic heterocycles. The second-order valence-corrected chi connectivity index (χ2v) is 11.9. The van der Waals surface area contributed by atoms with Gasteiger partial charge >= 0.3 is 0 Å². The largest absolute Gasteiger partial charge is 0.508 e. The van der Waals surface area contributed by atoms with Crippen LogP contribution >= 0.6 is 0 Å². The molecule has 3 atom stereocenters. The number of phenols is 1.